The Labute approximate surface area is 98.1 Å². The standard InChI is InChI=1S/C13H21NO2/c1-6-10-8-11(7-2)14(9-10)12(15)16-13(3,4)5/h2,10-11H,6,8-9H2,1,3-5H3/t10-,11?/m1/s1. The summed E-state index contributed by atoms with van der Waals surface area (Å²) in [6.07, 6.45) is 7.11. The number of hydrogen-bond acceptors (Lipinski definition) is 2. The lowest BCUT2D eigenvalue weighted by Crippen LogP contribution is -2.39. The van der Waals surface area contributed by atoms with Crippen LogP contribution < -0.4 is 0 Å². The summed E-state index contributed by atoms with van der Waals surface area (Å²) < 4.78 is 5.34. The molecule has 3 nitrogen and oxygen atoms in total. The highest BCUT2D eigenvalue weighted by Gasteiger charge is 2.35. The highest BCUT2D eigenvalue weighted by Crippen LogP contribution is 2.26. The number of ether oxygens (including phenoxy) is 1. The first-order valence-electron chi connectivity index (χ1n) is 5.83. The third-order valence-electron chi connectivity index (χ3n) is 2.79. The largest absolute Gasteiger partial charge is 0.444 e. The van der Waals surface area contributed by atoms with E-state index in [9.17, 15) is 4.79 Å². The molecule has 0 spiro atoms. The molecule has 0 bridgehead atoms. The Hall–Kier alpha value is -1.17. The fourth-order valence-electron chi connectivity index (χ4n) is 1.90. The van der Waals surface area contributed by atoms with E-state index in [0.717, 1.165) is 19.4 Å². The number of carbonyl (C=O) groups is 1. The maximum absolute atomic E-state index is 11.9. The fraction of sp³-hybridized carbons (Fsp3) is 0.769. The van der Waals surface area contributed by atoms with Crippen molar-refractivity contribution in [3.63, 3.8) is 0 Å². The number of rotatable bonds is 1. The summed E-state index contributed by atoms with van der Waals surface area (Å²) in [5.41, 5.74) is -0.458. The molecule has 0 aliphatic carbocycles. The molecule has 3 heteroatoms. The van der Waals surface area contributed by atoms with E-state index in [1.54, 1.807) is 4.90 Å². The topological polar surface area (TPSA) is 29.5 Å². The van der Waals surface area contributed by atoms with Gasteiger partial charge in [0.25, 0.3) is 0 Å². The number of terminal acetylenes is 1. The van der Waals surface area contributed by atoms with Crippen LogP contribution in [0.1, 0.15) is 40.5 Å². The van der Waals surface area contributed by atoms with Gasteiger partial charge in [-0.2, -0.15) is 0 Å². The first-order chi connectivity index (χ1) is 7.37. The maximum Gasteiger partial charge on any atom is 0.411 e. The predicted octanol–water partition coefficient (Wildman–Crippen LogP) is 2.66. The second kappa shape index (κ2) is 4.78. The van der Waals surface area contributed by atoms with E-state index >= 15 is 0 Å². The van der Waals surface area contributed by atoms with Crippen molar-refractivity contribution >= 4 is 6.09 Å². The number of amides is 1. The van der Waals surface area contributed by atoms with E-state index in [2.05, 4.69) is 12.8 Å². The second-order valence-electron chi connectivity index (χ2n) is 5.33. The minimum Gasteiger partial charge on any atom is -0.444 e. The van der Waals surface area contributed by atoms with E-state index < -0.39 is 5.60 Å². The molecule has 1 heterocycles. The van der Waals surface area contributed by atoms with Gasteiger partial charge < -0.3 is 4.74 Å². The highest BCUT2D eigenvalue weighted by molar-refractivity contribution is 5.69. The lowest BCUT2D eigenvalue weighted by atomic mass is 10.0. The molecule has 0 saturated carbocycles. The molecular formula is C13H21NO2. The molecule has 1 saturated heterocycles. The second-order valence-corrected chi connectivity index (χ2v) is 5.33. The molecule has 0 aromatic rings. The lowest BCUT2D eigenvalue weighted by molar-refractivity contribution is 0.0255. The quantitative estimate of drug-likeness (QED) is 0.640. The van der Waals surface area contributed by atoms with Crippen molar-refractivity contribution in [2.45, 2.75) is 52.2 Å². The van der Waals surface area contributed by atoms with Crippen molar-refractivity contribution in [2.75, 3.05) is 6.54 Å². The van der Waals surface area contributed by atoms with E-state index in [1.807, 2.05) is 20.8 Å². The third-order valence-corrected chi connectivity index (χ3v) is 2.79. The highest BCUT2D eigenvalue weighted by atomic mass is 16.6. The Balaban J connectivity index is 2.65. The van der Waals surface area contributed by atoms with Crippen LogP contribution in [0.3, 0.4) is 0 Å². The van der Waals surface area contributed by atoms with Gasteiger partial charge in [-0.15, -0.1) is 6.42 Å². The van der Waals surface area contributed by atoms with Crippen molar-refractivity contribution in [3.8, 4) is 12.3 Å². The molecule has 1 rings (SSSR count). The van der Waals surface area contributed by atoms with Gasteiger partial charge in [0.15, 0.2) is 0 Å². The SMILES string of the molecule is C#CC1C[C@@H](CC)CN1C(=O)OC(C)(C)C. The van der Waals surface area contributed by atoms with Crippen LogP contribution in [0.5, 0.6) is 0 Å². The molecule has 1 amide bonds. The summed E-state index contributed by atoms with van der Waals surface area (Å²) in [6.45, 7) is 8.44. The van der Waals surface area contributed by atoms with Gasteiger partial charge in [-0.05, 0) is 33.1 Å². The molecule has 0 aromatic carbocycles. The zero-order chi connectivity index (χ0) is 12.3. The van der Waals surface area contributed by atoms with Gasteiger partial charge in [0, 0.05) is 6.54 Å². The number of nitrogens with zero attached hydrogens (tertiary/aromatic N) is 1. The summed E-state index contributed by atoms with van der Waals surface area (Å²) in [5, 5.41) is 0. The number of hydrogen-bond donors (Lipinski definition) is 0. The van der Waals surface area contributed by atoms with Crippen LogP contribution in [-0.2, 0) is 4.74 Å². The average Bonchev–Trinajstić information content (AvgIpc) is 2.58. The summed E-state index contributed by atoms with van der Waals surface area (Å²) in [5.74, 6) is 3.18. The molecule has 1 aliphatic rings. The normalized spacial score (nSPS) is 25.3. The molecule has 1 aliphatic heterocycles. The van der Waals surface area contributed by atoms with E-state index in [1.165, 1.54) is 0 Å². The third kappa shape index (κ3) is 3.16. The molecule has 0 radical (unpaired) electrons. The Morgan fingerprint density at radius 2 is 2.19 bits per heavy atom. The Bertz CT molecular complexity index is 298. The van der Waals surface area contributed by atoms with Crippen molar-refractivity contribution in [1.29, 1.82) is 0 Å². The van der Waals surface area contributed by atoms with Gasteiger partial charge in [-0.3, -0.25) is 4.90 Å². The van der Waals surface area contributed by atoms with Gasteiger partial charge in [-0.1, -0.05) is 19.3 Å². The van der Waals surface area contributed by atoms with Crippen LogP contribution in [0.25, 0.3) is 0 Å². The molecule has 0 aromatic heterocycles. The van der Waals surface area contributed by atoms with Gasteiger partial charge in [0.05, 0.1) is 6.04 Å². The van der Waals surface area contributed by atoms with Crippen molar-refractivity contribution in [1.82, 2.24) is 4.90 Å². The van der Waals surface area contributed by atoms with Crippen LogP contribution in [0.4, 0.5) is 4.79 Å². The minimum absolute atomic E-state index is 0.0974. The Morgan fingerprint density at radius 1 is 1.56 bits per heavy atom. The maximum atomic E-state index is 11.9. The van der Waals surface area contributed by atoms with E-state index in [-0.39, 0.29) is 12.1 Å². The lowest BCUT2D eigenvalue weighted by Gasteiger charge is -2.26. The Kier molecular flexibility index (Phi) is 3.85. The zero-order valence-corrected chi connectivity index (χ0v) is 10.6. The molecule has 16 heavy (non-hydrogen) atoms. The van der Waals surface area contributed by atoms with Gasteiger partial charge in [0.1, 0.15) is 5.60 Å². The first-order valence-corrected chi connectivity index (χ1v) is 5.83. The van der Waals surface area contributed by atoms with Crippen LogP contribution in [-0.4, -0.2) is 29.2 Å². The Morgan fingerprint density at radius 3 is 2.62 bits per heavy atom. The summed E-state index contributed by atoms with van der Waals surface area (Å²) >= 11 is 0. The smallest absolute Gasteiger partial charge is 0.411 e. The monoisotopic (exact) mass is 223 g/mol. The van der Waals surface area contributed by atoms with Crippen molar-refractivity contribution in [2.24, 2.45) is 5.92 Å². The molecule has 0 N–H and O–H groups in total. The number of likely N-dealkylation sites (tertiary alicyclic amines) is 1. The van der Waals surface area contributed by atoms with Gasteiger partial charge in [0.2, 0.25) is 0 Å². The van der Waals surface area contributed by atoms with Crippen LogP contribution in [0.2, 0.25) is 0 Å². The summed E-state index contributed by atoms with van der Waals surface area (Å²) in [4.78, 5) is 13.6. The van der Waals surface area contributed by atoms with Crippen molar-refractivity contribution in [3.05, 3.63) is 0 Å². The van der Waals surface area contributed by atoms with E-state index in [0.29, 0.717) is 5.92 Å². The summed E-state index contributed by atoms with van der Waals surface area (Å²) in [7, 11) is 0. The molecule has 2 atom stereocenters. The van der Waals surface area contributed by atoms with Crippen LogP contribution >= 0.6 is 0 Å². The van der Waals surface area contributed by atoms with Crippen LogP contribution in [0, 0.1) is 18.3 Å². The zero-order valence-electron chi connectivity index (χ0n) is 10.6. The first kappa shape index (κ1) is 12.9. The van der Waals surface area contributed by atoms with Gasteiger partial charge in [-0.25, -0.2) is 4.79 Å². The van der Waals surface area contributed by atoms with Crippen LogP contribution in [0.15, 0.2) is 0 Å². The summed E-state index contributed by atoms with van der Waals surface area (Å²) in [6, 6.07) is -0.0974. The van der Waals surface area contributed by atoms with E-state index in [4.69, 9.17) is 11.2 Å². The molecule has 1 fully saturated rings. The minimum atomic E-state index is -0.458. The molecule has 1 unspecified atom stereocenters. The average molecular weight is 223 g/mol. The number of carbonyl (C=O) groups excluding carboxylic acids is 1. The fourth-order valence-corrected chi connectivity index (χ4v) is 1.90. The molecule has 90 valence electrons. The molecular weight excluding hydrogens is 202 g/mol. The van der Waals surface area contributed by atoms with Gasteiger partial charge >= 0.3 is 6.09 Å². The van der Waals surface area contributed by atoms with Crippen molar-refractivity contribution < 1.29 is 9.53 Å². The predicted molar refractivity (Wildman–Crippen MR) is 64.0 cm³/mol.